The van der Waals surface area contributed by atoms with E-state index < -0.39 is 0 Å². The number of benzene rings is 1. The van der Waals surface area contributed by atoms with E-state index in [9.17, 15) is 4.79 Å². The Morgan fingerprint density at radius 3 is 3.29 bits per heavy atom. The maximum Gasteiger partial charge on any atom is 0.229 e. The van der Waals surface area contributed by atoms with Gasteiger partial charge in [-0.25, -0.2) is 4.98 Å². The molecule has 24 heavy (non-hydrogen) atoms. The lowest BCUT2D eigenvalue weighted by atomic mass is 9.80. The van der Waals surface area contributed by atoms with Crippen molar-refractivity contribution in [3.63, 3.8) is 0 Å². The normalized spacial score (nSPS) is 26.7. The maximum atomic E-state index is 12.8. The average Bonchev–Trinajstić information content (AvgIpc) is 3.23. The van der Waals surface area contributed by atoms with Gasteiger partial charge in [-0.1, -0.05) is 0 Å². The number of nitrogens with one attached hydrogen (secondary N) is 2. The van der Waals surface area contributed by atoms with Crippen molar-refractivity contribution in [2.75, 3.05) is 40.3 Å². The summed E-state index contributed by atoms with van der Waals surface area (Å²) in [5.74, 6) is 1.70. The number of carbonyl (C=O) groups excluding carboxylic acids is 1. The molecule has 2 aromatic rings. The number of rotatable bonds is 4. The summed E-state index contributed by atoms with van der Waals surface area (Å²) in [6.07, 6.45) is 0. The number of likely N-dealkylation sites (tertiary alicyclic amines) is 1. The molecule has 0 aliphatic carbocycles. The number of carbonyl (C=O) groups is 1. The van der Waals surface area contributed by atoms with Crippen LogP contribution in [0, 0.1) is 11.3 Å². The highest BCUT2D eigenvalue weighted by molar-refractivity contribution is 5.84. The fourth-order valence-electron chi connectivity index (χ4n) is 3.98. The minimum Gasteiger partial charge on any atom is -0.497 e. The molecule has 2 atom stereocenters. The molecule has 1 aromatic heterocycles. The molecule has 2 aliphatic rings. The zero-order valence-electron chi connectivity index (χ0n) is 14.0. The highest BCUT2D eigenvalue weighted by atomic mass is 16.5. The topological polar surface area (TPSA) is 79.6 Å². The highest BCUT2D eigenvalue weighted by Crippen LogP contribution is 2.38. The van der Waals surface area contributed by atoms with E-state index in [0.717, 1.165) is 37.4 Å². The predicted octanol–water partition coefficient (Wildman–Crippen LogP) is 0.604. The highest BCUT2D eigenvalue weighted by Gasteiger charge is 2.53. The van der Waals surface area contributed by atoms with Crippen LogP contribution in [0.2, 0.25) is 0 Å². The summed E-state index contributed by atoms with van der Waals surface area (Å²) in [7, 11) is 3.69. The van der Waals surface area contributed by atoms with Crippen molar-refractivity contribution in [1.82, 2.24) is 20.5 Å². The molecular weight excluding hydrogens is 308 g/mol. The van der Waals surface area contributed by atoms with E-state index in [1.54, 1.807) is 7.11 Å². The second kappa shape index (κ2) is 5.75. The number of nitrogens with zero attached hydrogens (tertiary/aromatic N) is 2. The van der Waals surface area contributed by atoms with Gasteiger partial charge in [-0.15, -0.1) is 0 Å². The third-order valence-corrected chi connectivity index (χ3v) is 5.19. The van der Waals surface area contributed by atoms with E-state index in [1.807, 2.05) is 18.2 Å². The van der Waals surface area contributed by atoms with E-state index >= 15 is 0 Å². The number of oxazole rings is 1. The molecule has 3 heterocycles. The van der Waals surface area contributed by atoms with E-state index in [2.05, 4.69) is 27.6 Å². The molecule has 0 saturated carbocycles. The Labute approximate surface area is 140 Å². The smallest absolute Gasteiger partial charge is 0.229 e. The van der Waals surface area contributed by atoms with Crippen LogP contribution in [0.3, 0.4) is 0 Å². The fraction of sp³-hybridized carbons (Fsp3) is 0.529. The Hall–Kier alpha value is -2.12. The number of amides is 1. The summed E-state index contributed by atoms with van der Waals surface area (Å²) in [4.78, 5) is 19.5. The Bertz CT molecular complexity index is 774. The minimum absolute atomic E-state index is 0.0849. The number of hydrogen-bond acceptors (Lipinski definition) is 6. The maximum absolute atomic E-state index is 12.8. The Kier molecular flexibility index (Phi) is 3.69. The van der Waals surface area contributed by atoms with Gasteiger partial charge in [-0.3, -0.25) is 4.79 Å². The van der Waals surface area contributed by atoms with Crippen molar-refractivity contribution in [2.24, 2.45) is 11.3 Å². The third-order valence-electron chi connectivity index (χ3n) is 5.19. The monoisotopic (exact) mass is 330 g/mol. The van der Waals surface area contributed by atoms with E-state index in [-0.39, 0.29) is 11.3 Å². The Balaban J connectivity index is 1.47. The van der Waals surface area contributed by atoms with Crippen LogP contribution in [0.4, 0.5) is 0 Å². The van der Waals surface area contributed by atoms with Gasteiger partial charge in [0.15, 0.2) is 5.58 Å². The molecule has 2 N–H and O–H groups in total. The Morgan fingerprint density at radius 1 is 1.58 bits per heavy atom. The first-order chi connectivity index (χ1) is 11.6. The van der Waals surface area contributed by atoms with Crippen LogP contribution in [0.1, 0.15) is 5.89 Å². The molecule has 2 aliphatic heterocycles. The van der Waals surface area contributed by atoms with Gasteiger partial charge < -0.3 is 24.7 Å². The van der Waals surface area contributed by atoms with E-state index in [0.29, 0.717) is 23.9 Å². The predicted molar refractivity (Wildman–Crippen MR) is 88.7 cm³/mol. The zero-order chi connectivity index (χ0) is 16.7. The van der Waals surface area contributed by atoms with Crippen molar-refractivity contribution in [1.29, 1.82) is 0 Å². The molecule has 0 spiro atoms. The van der Waals surface area contributed by atoms with Crippen LogP contribution < -0.4 is 15.4 Å². The summed E-state index contributed by atoms with van der Waals surface area (Å²) >= 11 is 0. The van der Waals surface area contributed by atoms with Gasteiger partial charge in [0.1, 0.15) is 11.3 Å². The zero-order valence-corrected chi connectivity index (χ0v) is 14.0. The molecule has 7 heteroatoms. The fourth-order valence-corrected chi connectivity index (χ4v) is 3.98. The molecular formula is C17H22N4O3. The standard InChI is InChI=1S/C17H22N4O3/c1-21-8-11-6-18-9-17(11,10-21)16(22)19-7-15-20-13-5-12(23-2)3-4-14(13)24-15/h3-5,11,18H,6-10H2,1-2H3,(H,19,22)/t11-,17-/m1/s1. The summed E-state index contributed by atoms with van der Waals surface area (Å²) in [5.41, 5.74) is 1.10. The van der Waals surface area contributed by atoms with Crippen LogP contribution in [0.15, 0.2) is 22.6 Å². The van der Waals surface area contributed by atoms with Gasteiger partial charge in [-0.05, 0) is 19.2 Å². The van der Waals surface area contributed by atoms with Gasteiger partial charge in [-0.2, -0.15) is 0 Å². The molecule has 1 amide bonds. The van der Waals surface area contributed by atoms with Crippen molar-refractivity contribution in [3.05, 3.63) is 24.1 Å². The van der Waals surface area contributed by atoms with Gasteiger partial charge >= 0.3 is 0 Å². The first-order valence-electron chi connectivity index (χ1n) is 8.22. The minimum atomic E-state index is -0.329. The van der Waals surface area contributed by atoms with Crippen LogP contribution in [-0.2, 0) is 11.3 Å². The van der Waals surface area contributed by atoms with Crippen molar-refractivity contribution < 1.29 is 13.9 Å². The lowest BCUT2D eigenvalue weighted by molar-refractivity contribution is -0.131. The lowest BCUT2D eigenvalue weighted by Gasteiger charge is -2.26. The van der Waals surface area contributed by atoms with Gasteiger partial charge in [0.25, 0.3) is 0 Å². The molecule has 2 fully saturated rings. The van der Waals surface area contributed by atoms with Crippen molar-refractivity contribution in [2.45, 2.75) is 6.54 Å². The van der Waals surface area contributed by atoms with Gasteiger partial charge in [0, 0.05) is 38.2 Å². The van der Waals surface area contributed by atoms with Gasteiger partial charge in [0.2, 0.25) is 11.8 Å². The molecule has 128 valence electrons. The van der Waals surface area contributed by atoms with Crippen LogP contribution in [-0.4, -0.2) is 56.1 Å². The number of aromatic nitrogens is 1. The summed E-state index contributed by atoms with van der Waals surface area (Å²) < 4.78 is 10.9. The number of hydrogen-bond donors (Lipinski definition) is 2. The Morgan fingerprint density at radius 2 is 2.46 bits per heavy atom. The number of fused-ring (bicyclic) bond motifs is 2. The second-order valence-electron chi connectivity index (χ2n) is 6.80. The number of methoxy groups -OCH3 is 1. The van der Waals surface area contributed by atoms with Gasteiger partial charge in [0.05, 0.1) is 19.1 Å². The first-order valence-corrected chi connectivity index (χ1v) is 8.22. The molecule has 0 unspecified atom stereocenters. The quantitative estimate of drug-likeness (QED) is 0.855. The van der Waals surface area contributed by atoms with E-state index in [1.165, 1.54) is 0 Å². The first kappa shape index (κ1) is 15.4. The molecule has 4 rings (SSSR count). The second-order valence-corrected chi connectivity index (χ2v) is 6.80. The van der Waals surface area contributed by atoms with E-state index in [4.69, 9.17) is 9.15 Å². The van der Waals surface area contributed by atoms with Crippen LogP contribution in [0.25, 0.3) is 11.1 Å². The van der Waals surface area contributed by atoms with Crippen LogP contribution >= 0.6 is 0 Å². The largest absolute Gasteiger partial charge is 0.497 e. The summed E-state index contributed by atoms with van der Waals surface area (Å²) in [6.45, 7) is 3.69. The molecule has 7 nitrogen and oxygen atoms in total. The average molecular weight is 330 g/mol. The lowest BCUT2D eigenvalue weighted by Crippen LogP contribution is -2.46. The summed E-state index contributed by atoms with van der Waals surface area (Å²) in [5, 5.41) is 6.38. The molecule has 0 radical (unpaired) electrons. The molecule has 0 bridgehead atoms. The SMILES string of the molecule is COc1ccc2oc(CNC(=O)[C@@]34CNC[C@@H]3CN(C)C4)nc2c1. The van der Waals surface area contributed by atoms with Crippen LogP contribution in [0.5, 0.6) is 5.75 Å². The summed E-state index contributed by atoms with van der Waals surface area (Å²) in [6, 6.07) is 5.48. The molecule has 2 saturated heterocycles. The third kappa shape index (κ3) is 2.44. The molecule has 1 aromatic carbocycles. The van der Waals surface area contributed by atoms with Crippen molar-refractivity contribution in [3.8, 4) is 5.75 Å². The van der Waals surface area contributed by atoms with Crippen molar-refractivity contribution >= 4 is 17.0 Å². The number of ether oxygens (including phenoxy) is 1.